The minimum Gasteiger partial charge on any atom is -0.385 e. The number of rotatable bonds is 1. The molecule has 1 aromatic carbocycles. The van der Waals surface area contributed by atoms with Gasteiger partial charge in [-0.25, -0.2) is 9.50 Å². The molecular weight excluding hydrogens is 372 g/mol. The Morgan fingerprint density at radius 2 is 2.17 bits per heavy atom. The van der Waals surface area contributed by atoms with E-state index in [0.29, 0.717) is 30.4 Å². The highest BCUT2D eigenvalue weighted by atomic mass is 16.5. The zero-order valence-electron chi connectivity index (χ0n) is 16.0. The first-order chi connectivity index (χ1) is 14.1. The summed E-state index contributed by atoms with van der Waals surface area (Å²) in [5.41, 5.74) is 4.43. The summed E-state index contributed by atoms with van der Waals surface area (Å²) < 4.78 is 7.40. The van der Waals surface area contributed by atoms with Crippen LogP contribution in [0.3, 0.4) is 0 Å². The molecule has 0 radical (unpaired) electrons. The molecule has 4 heterocycles. The zero-order chi connectivity index (χ0) is 20.0. The molecule has 3 aromatic heterocycles. The van der Waals surface area contributed by atoms with E-state index >= 15 is 0 Å². The number of benzene rings is 1. The van der Waals surface area contributed by atoms with Gasteiger partial charge in [0.15, 0.2) is 17.2 Å². The lowest BCUT2D eigenvalue weighted by molar-refractivity contribution is 0.0817. The fourth-order valence-electron chi connectivity index (χ4n) is 3.52. The second-order valence-electron chi connectivity index (χ2n) is 7.06. The molecule has 1 unspecified atom stereocenters. The Morgan fingerprint density at radius 3 is 3.03 bits per heavy atom. The van der Waals surface area contributed by atoms with Crippen molar-refractivity contribution in [1.29, 1.82) is 0 Å². The van der Waals surface area contributed by atoms with Crippen molar-refractivity contribution in [2.75, 3.05) is 24.3 Å². The van der Waals surface area contributed by atoms with E-state index in [-0.39, 0.29) is 11.9 Å². The number of nitrogens with zero attached hydrogens (tertiary/aromatic N) is 4. The fourth-order valence-corrected chi connectivity index (χ4v) is 3.52. The van der Waals surface area contributed by atoms with E-state index < -0.39 is 0 Å². The molecule has 0 saturated heterocycles. The SMILES string of the molecule is CNc1cc2nn3c(cnc13)C(=O)NC(C)COCc1cc(cc3cn[nH]c13)N2. The summed E-state index contributed by atoms with van der Waals surface area (Å²) in [5, 5.41) is 22.1. The molecule has 4 bridgehead atoms. The predicted molar refractivity (Wildman–Crippen MR) is 108 cm³/mol. The average molecular weight is 392 g/mol. The number of hydrogen-bond acceptors (Lipinski definition) is 7. The number of ether oxygens (including phenoxy) is 1. The van der Waals surface area contributed by atoms with Crippen molar-refractivity contribution in [2.24, 2.45) is 0 Å². The van der Waals surface area contributed by atoms with E-state index in [1.807, 2.05) is 25.1 Å². The van der Waals surface area contributed by atoms with Crippen LogP contribution in [0.25, 0.3) is 16.6 Å². The van der Waals surface area contributed by atoms with Gasteiger partial charge in [-0.2, -0.15) is 5.10 Å². The Morgan fingerprint density at radius 1 is 1.28 bits per heavy atom. The molecule has 1 aliphatic heterocycles. The number of amides is 1. The van der Waals surface area contributed by atoms with Gasteiger partial charge in [0.05, 0.1) is 36.8 Å². The first-order valence-corrected chi connectivity index (χ1v) is 9.30. The third-order valence-corrected chi connectivity index (χ3v) is 4.88. The number of hydrogen-bond donors (Lipinski definition) is 4. The second-order valence-corrected chi connectivity index (χ2v) is 7.06. The van der Waals surface area contributed by atoms with Crippen LogP contribution < -0.4 is 16.0 Å². The number of aromatic amines is 1. The van der Waals surface area contributed by atoms with Gasteiger partial charge in [0.2, 0.25) is 0 Å². The molecule has 0 aliphatic carbocycles. The van der Waals surface area contributed by atoms with Crippen LogP contribution in [0, 0.1) is 0 Å². The normalized spacial score (nSPS) is 17.2. The Balaban J connectivity index is 1.69. The molecule has 0 spiro atoms. The average Bonchev–Trinajstić information content (AvgIpc) is 3.33. The Labute approximate surface area is 165 Å². The fraction of sp³-hybridized carbons (Fsp3) is 0.263. The van der Waals surface area contributed by atoms with E-state index in [1.165, 1.54) is 6.20 Å². The van der Waals surface area contributed by atoms with Gasteiger partial charge < -0.3 is 20.7 Å². The smallest absolute Gasteiger partial charge is 0.271 e. The summed E-state index contributed by atoms with van der Waals surface area (Å²) in [6.45, 7) is 2.66. The highest BCUT2D eigenvalue weighted by molar-refractivity contribution is 5.94. The third-order valence-electron chi connectivity index (χ3n) is 4.88. The van der Waals surface area contributed by atoms with Crippen LogP contribution in [0.5, 0.6) is 0 Å². The van der Waals surface area contributed by atoms with Gasteiger partial charge in [0.25, 0.3) is 5.91 Å². The molecular formula is C19H20N8O2. The number of carbonyl (C=O) groups is 1. The summed E-state index contributed by atoms with van der Waals surface area (Å²) >= 11 is 0. The molecule has 4 aromatic rings. The Hall–Kier alpha value is -3.66. The third kappa shape index (κ3) is 3.03. The van der Waals surface area contributed by atoms with Gasteiger partial charge in [0.1, 0.15) is 0 Å². The van der Waals surface area contributed by atoms with E-state index in [1.54, 1.807) is 17.8 Å². The van der Waals surface area contributed by atoms with Gasteiger partial charge in [0, 0.05) is 35.8 Å². The van der Waals surface area contributed by atoms with Crippen LogP contribution in [-0.4, -0.2) is 50.4 Å². The molecule has 29 heavy (non-hydrogen) atoms. The van der Waals surface area contributed by atoms with Gasteiger partial charge in [-0.1, -0.05) is 0 Å². The summed E-state index contributed by atoms with van der Waals surface area (Å²) in [5.74, 6) is 0.320. The minimum absolute atomic E-state index is 0.179. The number of anilines is 3. The summed E-state index contributed by atoms with van der Waals surface area (Å²) in [6.07, 6.45) is 3.30. The maximum absolute atomic E-state index is 12.8. The molecule has 0 saturated carbocycles. The van der Waals surface area contributed by atoms with Gasteiger partial charge in [-0.3, -0.25) is 9.89 Å². The monoisotopic (exact) mass is 392 g/mol. The van der Waals surface area contributed by atoms with Gasteiger partial charge in [-0.05, 0) is 19.1 Å². The lowest BCUT2D eigenvalue weighted by atomic mass is 10.1. The molecule has 0 fully saturated rings. The highest BCUT2D eigenvalue weighted by Gasteiger charge is 2.19. The van der Waals surface area contributed by atoms with E-state index in [2.05, 4.69) is 36.2 Å². The van der Waals surface area contributed by atoms with E-state index in [9.17, 15) is 4.79 Å². The van der Waals surface area contributed by atoms with E-state index in [4.69, 9.17) is 4.74 Å². The topological polar surface area (TPSA) is 121 Å². The minimum atomic E-state index is -0.258. The summed E-state index contributed by atoms with van der Waals surface area (Å²) in [4.78, 5) is 17.1. The quantitative estimate of drug-likeness (QED) is 0.391. The molecule has 1 aliphatic rings. The molecule has 5 rings (SSSR count). The maximum atomic E-state index is 12.8. The first kappa shape index (κ1) is 17.4. The first-order valence-electron chi connectivity index (χ1n) is 9.30. The molecule has 148 valence electrons. The van der Waals surface area contributed by atoms with Crippen molar-refractivity contribution in [3.05, 3.63) is 41.9 Å². The number of nitrogens with one attached hydrogen (secondary N) is 4. The molecule has 10 heteroatoms. The largest absolute Gasteiger partial charge is 0.385 e. The van der Waals surface area contributed by atoms with Crippen molar-refractivity contribution in [1.82, 2.24) is 30.1 Å². The van der Waals surface area contributed by atoms with Crippen LogP contribution in [0.2, 0.25) is 0 Å². The summed E-state index contributed by atoms with van der Waals surface area (Å²) in [6, 6.07) is 5.67. The Kier molecular flexibility index (Phi) is 4.06. The van der Waals surface area contributed by atoms with Gasteiger partial charge >= 0.3 is 0 Å². The van der Waals surface area contributed by atoms with Crippen LogP contribution >= 0.6 is 0 Å². The highest BCUT2D eigenvalue weighted by Crippen LogP contribution is 2.27. The van der Waals surface area contributed by atoms with Crippen LogP contribution in [-0.2, 0) is 11.3 Å². The number of imidazole rings is 1. The number of aromatic nitrogens is 5. The number of fused-ring (bicyclic) bond motifs is 5. The second kappa shape index (κ2) is 6.74. The van der Waals surface area contributed by atoms with Crippen molar-refractivity contribution in [2.45, 2.75) is 19.6 Å². The van der Waals surface area contributed by atoms with Crippen molar-refractivity contribution < 1.29 is 9.53 Å². The molecule has 4 N–H and O–H groups in total. The predicted octanol–water partition coefficient (Wildman–Crippen LogP) is 2.04. The van der Waals surface area contributed by atoms with Crippen molar-refractivity contribution >= 4 is 39.6 Å². The lowest BCUT2D eigenvalue weighted by Gasteiger charge is -2.16. The Bertz CT molecular complexity index is 1230. The van der Waals surface area contributed by atoms with Crippen LogP contribution in [0.15, 0.2) is 30.6 Å². The van der Waals surface area contributed by atoms with Crippen molar-refractivity contribution in [3.8, 4) is 0 Å². The maximum Gasteiger partial charge on any atom is 0.271 e. The van der Waals surface area contributed by atoms with Crippen molar-refractivity contribution in [3.63, 3.8) is 0 Å². The molecule has 1 amide bonds. The number of carbonyl (C=O) groups excluding carboxylic acids is 1. The van der Waals surface area contributed by atoms with Crippen LogP contribution in [0.1, 0.15) is 23.0 Å². The zero-order valence-corrected chi connectivity index (χ0v) is 16.0. The standard InChI is InChI=1S/C19H20N8O2/c1-10-8-29-9-12-4-13(3-11-6-22-25-17(11)12)24-16-5-14(20-2)18-21-7-15(19(28)23-10)27(18)26-16/h3-7,10,20H,8-9H2,1-2H3,(H,22,25)(H,23,28)(H,24,26). The molecule has 10 nitrogen and oxygen atoms in total. The van der Waals surface area contributed by atoms with E-state index in [0.717, 1.165) is 27.8 Å². The van der Waals surface area contributed by atoms with Crippen LogP contribution in [0.4, 0.5) is 17.2 Å². The molecule has 1 atom stereocenters. The van der Waals surface area contributed by atoms with Gasteiger partial charge in [-0.15, -0.1) is 5.10 Å². The lowest BCUT2D eigenvalue weighted by Crippen LogP contribution is -2.36. The summed E-state index contributed by atoms with van der Waals surface area (Å²) in [7, 11) is 1.81. The number of H-pyrrole nitrogens is 1.